The Bertz CT molecular complexity index is 207. The van der Waals surface area contributed by atoms with E-state index in [2.05, 4.69) is 0 Å². The van der Waals surface area contributed by atoms with Crippen molar-refractivity contribution in [1.29, 1.82) is 0 Å². The highest BCUT2D eigenvalue weighted by molar-refractivity contribution is 7.59. The SMILES string of the molecule is CCOC(OCC)P(=O)(CC)OCCCN. The van der Waals surface area contributed by atoms with Gasteiger partial charge in [0.15, 0.2) is 0 Å². The van der Waals surface area contributed by atoms with Crippen LogP contribution in [0.25, 0.3) is 0 Å². The maximum atomic E-state index is 12.4. The molecule has 0 fully saturated rings. The third kappa shape index (κ3) is 5.41. The van der Waals surface area contributed by atoms with Gasteiger partial charge < -0.3 is 19.7 Å². The highest BCUT2D eigenvalue weighted by Crippen LogP contribution is 2.52. The molecule has 0 bridgehead atoms. The topological polar surface area (TPSA) is 70.8 Å². The molecule has 0 saturated heterocycles. The Kier molecular flexibility index (Phi) is 9.18. The Balaban J connectivity index is 4.40. The fourth-order valence-electron chi connectivity index (χ4n) is 1.16. The van der Waals surface area contributed by atoms with Crippen molar-refractivity contribution < 1.29 is 18.6 Å². The van der Waals surface area contributed by atoms with Gasteiger partial charge in [0.2, 0.25) is 6.03 Å². The average Bonchev–Trinajstić information content (AvgIpc) is 2.29. The molecule has 5 nitrogen and oxygen atoms in total. The lowest BCUT2D eigenvalue weighted by Gasteiger charge is -2.25. The number of ether oxygens (including phenoxy) is 2. The largest absolute Gasteiger partial charge is 0.345 e. The zero-order valence-corrected chi connectivity index (χ0v) is 11.4. The Morgan fingerprint density at radius 3 is 2.12 bits per heavy atom. The number of hydrogen-bond donors (Lipinski definition) is 1. The maximum absolute atomic E-state index is 12.4. The smallest absolute Gasteiger partial charge is 0.257 e. The first kappa shape index (κ1) is 16.1. The zero-order chi connectivity index (χ0) is 12.4. The summed E-state index contributed by atoms with van der Waals surface area (Å²) in [4.78, 5) is 0. The third-order valence-corrected chi connectivity index (χ3v) is 4.48. The van der Waals surface area contributed by atoms with Crippen molar-refractivity contribution in [2.75, 3.05) is 32.5 Å². The summed E-state index contributed by atoms with van der Waals surface area (Å²) in [5, 5.41) is 0. The van der Waals surface area contributed by atoms with E-state index in [0.717, 1.165) is 0 Å². The minimum absolute atomic E-state index is 0.387. The van der Waals surface area contributed by atoms with Gasteiger partial charge in [0.25, 0.3) is 7.37 Å². The van der Waals surface area contributed by atoms with Crippen LogP contribution in [0.2, 0.25) is 0 Å². The first-order valence-corrected chi connectivity index (χ1v) is 7.69. The van der Waals surface area contributed by atoms with Crippen LogP contribution in [0.1, 0.15) is 27.2 Å². The van der Waals surface area contributed by atoms with Gasteiger partial charge in [-0.05, 0) is 26.8 Å². The van der Waals surface area contributed by atoms with Crippen LogP contribution in [0.4, 0.5) is 0 Å². The summed E-state index contributed by atoms with van der Waals surface area (Å²) in [5.74, 6) is 0. The summed E-state index contributed by atoms with van der Waals surface area (Å²) in [7, 11) is -2.87. The molecular formula is C10H24NO4P. The molecule has 0 aromatic carbocycles. The van der Waals surface area contributed by atoms with Crippen LogP contribution in [0.3, 0.4) is 0 Å². The van der Waals surface area contributed by atoms with E-state index in [-0.39, 0.29) is 0 Å². The Morgan fingerprint density at radius 2 is 1.75 bits per heavy atom. The second-order valence-electron chi connectivity index (χ2n) is 3.24. The Labute approximate surface area is 98.1 Å². The van der Waals surface area contributed by atoms with Crippen LogP contribution in [0.15, 0.2) is 0 Å². The molecule has 0 aliphatic rings. The molecule has 0 aromatic heterocycles. The summed E-state index contributed by atoms with van der Waals surface area (Å²) in [6, 6.07) is -0.745. The van der Waals surface area contributed by atoms with E-state index < -0.39 is 13.4 Å². The molecule has 0 saturated carbocycles. The predicted octanol–water partition coefficient (Wildman–Crippen LogP) is 2.01. The van der Waals surface area contributed by atoms with Crippen molar-refractivity contribution in [3.05, 3.63) is 0 Å². The van der Waals surface area contributed by atoms with E-state index in [1.54, 1.807) is 0 Å². The normalized spacial score (nSPS) is 15.3. The number of rotatable bonds is 10. The fraction of sp³-hybridized carbons (Fsp3) is 1.00. The molecule has 0 rings (SSSR count). The van der Waals surface area contributed by atoms with E-state index in [1.807, 2.05) is 20.8 Å². The average molecular weight is 253 g/mol. The maximum Gasteiger partial charge on any atom is 0.257 e. The summed E-state index contributed by atoms with van der Waals surface area (Å²) < 4.78 is 28.5. The van der Waals surface area contributed by atoms with Gasteiger partial charge in [-0.2, -0.15) is 0 Å². The molecule has 1 atom stereocenters. The predicted molar refractivity (Wildman–Crippen MR) is 64.8 cm³/mol. The molecule has 0 aliphatic carbocycles. The first-order valence-electron chi connectivity index (χ1n) is 5.81. The van der Waals surface area contributed by atoms with Crippen LogP contribution >= 0.6 is 7.37 Å². The summed E-state index contributed by atoms with van der Waals surface area (Å²) >= 11 is 0. The van der Waals surface area contributed by atoms with Crippen molar-refractivity contribution >= 4 is 7.37 Å². The standard InChI is InChI=1S/C10H24NO4P/c1-4-13-10(14-5-2)16(12,6-3)15-9-7-8-11/h10H,4-9,11H2,1-3H3. The quantitative estimate of drug-likeness (QED) is 0.366. The van der Waals surface area contributed by atoms with Crippen molar-refractivity contribution in [2.45, 2.75) is 33.2 Å². The van der Waals surface area contributed by atoms with Gasteiger partial charge in [0.1, 0.15) is 0 Å². The van der Waals surface area contributed by atoms with Crippen molar-refractivity contribution in [3.8, 4) is 0 Å². The van der Waals surface area contributed by atoms with Crippen LogP contribution in [0, 0.1) is 0 Å². The monoisotopic (exact) mass is 253 g/mol. The van der Waals surface area contributed by atoms with Crippen molar-refractivity contribution in [2.24, 2.45) is 5.73 Å². The number of nitrogens with two attached hydrogens (primary N) is 1. The summed E-state index contributed by atoms with van der Waals surface area (Å²) in [6.07, 6.45) is 1.09. The van der Waals surface area contributed by atoms with Gasteiger partial charge in [-0.3, -0.25) is 4.57 Å². The Hall–Kier alpha value is 0.0700. The molecule has 0 heterocycles. The van der Waals surface area contributed by atoms with Crippen LogP contribution in [0.5, 0.6) is 0 Å². The first-order chi connectivity index (χ1) is 7.64. The van der Waals surface area contributed by atoms with Gasteiger partial charge in [-0.1, -0.05) is 6.92 Å². The molecule has 0 aromatic rings. The van der Waals surface area contributed by atoms with Crippen molar-refractivity contribution in [1.82, 2.24) is 0 Å². The molecule has 2 N–H and O–H groups in total. The van der Waals surface area contributed by atoms with Gasteiger partial charge in [0, 0.05) is 19.4 Å². The lowest BCUT2D eigenvalue weighted by molar-refractivity contribution is -0.0889. The molecular weight excluding hydrogens is 229 g/mol. The van der Waals surface area contributed by atoms with E-state index >= 15 is 0 Å². The van der Waals surface area contributed by atoms with E-state index in [1.165, 1.54) is 0 Å². The van der Waals surface area contributed by atoms with Crippen molar-refractivity contribution in [3.63, 3.8) is 0 Å². The molecule has 0 radical (unpaired) electrons. The van der Waals surface area contributed by atoms with E-state index in [9.17, 15) is 4.57 Å². The van der Waals surface area contributed by atoms with Gasteiger partial charge in [0.05, 0.1) is 6.61 Å². The highest BCUT2D eigenvalue weighted by Gasteiger charge is 2.33. The van der Waals surface area contributed by atoms with Crippen LogP contribution in [-0.2, 0) is 18.6 Å². The minimum atomic E-state index is -2.87. The number of hydrogen-bond acceptors (Lipinski definition) is 5. The van der Waals surface area contributed by atoms with Gasteiger partial charge in [-0.15, -0.1) is 0 Å². The second-order valence-corrected chi connectivity index (χ2v) is 6.00. The summed E-state index contributed by atoms with van der Waals surface area (Å²) in [5.41, 5.74) is 5.36. The molecule has 0 amide bonds. The second kappa shape index (κ2) is 9.14. The van der Waals surface area contributed by atoms with Gasteiger partial charge >= 0.3 is 0 Å². The molecule has 16 heavy (non-hydrogen) atoms. The fourth-order valence-corrected chi connectivity index (χ4v) is 2.96. The third-order valence-electron chi connectivity index (χ3n) is 2.04. The lowest BCUT2D eigenvalue weighted by Crippen LogP contribution is -2.21. The van der Waals surface area contributed by atoms with Crippen LogP contribution in [-0.4, -0.2) is 38.6 Å². The van der Waals surface area contributed by atoms with E-state index in [0.29, 0.717) is 38.9 Å². The summed E-state index contributed by atoms with van der Waals surface area (Å²) in [6.45, 7) is 7.31. The molecule has 1 unspecified atom stereocenters. The van der Waals surface area contributed by atoms with E-state index in [4.69, 9.17) is 19.7 Å². The van der Waals surface area contributed by atoms with Gasteiger partial charge in [-0.25, -0.2) is 0 Å². The zero-order valence-electron chi connectivity index (χ0n) is 10.5. The molecule has 0 spiro atoms. The Morgan fingerprint density at radius 1 is 1.19 bits per heavy atom. The van der Waals surface area contributed by atoms with Crippen LogP contribution < -0.4 is 5.73 Å². The molecule has 0 aliphatic heterocycles. The highest BCUT2D eigenvalue weighted by atomic mass is 31.2. The molecule has 98 valence electrons. The minimum Gasteiger partial charge on any atom is -0.345 e. The lowest BCUT2D eigenvalue weighted by atomic mass is 10.5. The molecule has 6 heteroatoms.